The van der Waals surface area contributed by atoms with Gasteiger partial charge in [-0.25, -0.2) is 14.4 Å². The Bertz CT molecular complexity index is 545. The number of allylic oxidation sites excluding steroid dienone is 1. The second kappa shape index (κ2) is 13.9. The number of ether oxygens (including phenoxy) is 3. The average Bonchev–Trinajstić information content (AvgIpc) is 2.59. The van der Waals surface area contributed by atoms with Gasteiger partial charge in [0, 0.05) is 16.7 Å². The van der Waals surface area contributed by atoms with E-state index in [1.54, 1.807) is 20.8 Å². The van der Waals surface area contributed by atoms with E-state index in [9.17, 15) is 14.4 Å². The summed E-state index contributed by atoms with van der Waals surface area (Å²) in [5.41, 5.74) is 1.31. The molecule has 0 saturated carbocycles. The Morgan fingerprint density at radius 3 is 1.50 bits per heavy atom. The first-order valence-corrected chi connectivity index (χ1v) is 8.74. The summed E-state index contributed by atoms with van der Waals surface area (Å²) >= 11 is 0. The number of esters is 3. The molecule has 0 amide bonds. The monoisotopic (exact) mass is 366 g/mol. The molecule has 0 N–H and O–H groups in total. The highest BCUT2D eigenvalue weighted by Gasteiger charge is 2.06. The predicted molar refractivity (Wildman–Crippen MR) is 99.3 cm³/mol. The normalized spacial score (nSPS) is 10.8. The molecule has 0 saturated heterocycles. The van der Waals surface area contributed by atoms with E-state index in [1.807, 2.05) is 6.08 Å². The minimum absolute atomic E-state index is 0.283. The summed E-state index contributed by atoms with van der Waals surface area (Å²) in [6.45, 7) is 12.8. The second-order valence-electron chi connectivity index (χ2n) is 6.06. The number of carbonyl (C=O) groups excluding carboxylic acids is 3. The van der Waals surface area contributed by atoms with E-state index in [0.717, 1.165) is 12.8 Å². The average molecular weight is 366 g/mol. The van der Waals surface area contributed by atoms with Crippen LogP contribution in [0.2, 0.25) is 0 Å². The van der Waals surface area contributed by atoms with Gasteiger partial charge in [0.25, 0.3) is 0 Å². The van der Waals surface area contributed by atoms with Crippen molar-refractivity contribution in [3.05, 3.63) is 36.0 Å². The van der Waals surface area contributed by atoms with Gasteiger partial charge in [0.1, 0.15) is 0 Å². The summed E-state index contributed by atoms with van der Waals surface area (Å²) in [4.78, 5) is 34.1. The molecule has 0 bridgehead atoms. The Labute approximate surface area is 155 Å². The minimum atomic E-state index is -0.407. The number of carbonyl (C=O) groups is 3. The van der Waals surface area contributed by atoms with Crippen LogP contribution in [0.3, 0.4) is 0 Å². The zero-order valence-electron chi connectivity index (χ0n) is 16.1. The van der Waals surface area contributed by atoms with Gasteiger partial charge in [0.2, 0.25) is 0 Å². The van der Waals surface area contributed by atoms with E-state index < -0.39 is 5.97 Å². The standard InChI is InChI=1S/C20H30O6/c1-15(2)18(21)24-12-8-6-7-11-17(5)20(23)26-14-10-9-13-25-19(22)16(3)4/h11H,1,3,6-10,12-14H2,2,4-5H3. The van der Waals surface area contributed by atoms with E-state index in [4.69, 9.17) is 14.2 Å². The summed E-state index contributed by atoms with van der Waals surface area (Å²) in [5.74, 6) is -1.14. The van der Waals surface area contributed by atoms with E-state index >= 15 is 0 Å². The van der Waals surface area contributed by atoms with Crippen molar-refractivity contribution in [2.24, 2.45) is 0 Å². The van der Waals surface area contributed by atoms with Crippen molar-refractivity contribution in [2.45, 2.75) is 52.9 Å². The van der Waals surface area contributed by atoms with Crippen molar-refractivity contribution in [1.29, 1.82) is 0 Å². The van der Waals surface area contributed by atoms with Crippen molar-refractivity contribution >= 4 is 17.9 Å². The maximum absolute atomic E-state index is 11.8. The van der Waals surface area contributed by atoms with Crippen LogP contribution in [0.25, 0.3) is 0 Å². The molecule has 0 heterocycles. The first-order chi connectivity index (χ1) is 12.3. The molecule has 0 rings (SSSR count). The third kappa shape index (κ3) is 12.1. The van der Waals surface area contributed by atoms with Crippen molar-refractivity contribution < 1.29 is 28.6 Å². The van der Waals surface area contributed by atoms with Crippen LogP contribution in [0.4, 0.5) is 0 Å². The number of unbranched alkanes of at least 4 members (excludes halogenated alkanes) is 3. The van der Waals surface area contributed by atoms with E-state index in [1.165, 1.54) is 0 Å². The number of hydrogen-bond donors (Lipinski definition) is 0. The minimum Gasteiger partial charge on any atom is -0.462 e. The summed E-state index contributed by atoms with van der Waals surface area (Å²) in [6, 6.07) is 0. The lowest BCUT2D eigenvalue weighted by atomic mass is 10.2. The Morgan fingerprint density at radius 2 is 1.08 bits per heavy atom. The maximum atomic E-state index is 11.8. The van der Waals surface area contributed by atoms with Crippen molar-refractivity contribution in [3.8, 4) is 0 Å². The predicted octanol–water partition coefficient (Wildman–Crippen LogP) is 3.67. The molecule has 0 unspecified atom stereocenters. The molecule has 0 aromatic heterocycles. The Morgan fingerprint density at radius 1 is 0.692 bits per heavy atom. The van der Waals surface area contributed by atoms with Crippen molar-refractivity contribution in [1.82, 2.24) is 0 Å². The van der Waals surface area contributed by atoms with Gasteiger partial charge < -0.3 is 14.2 Å². The topological polar surface area (TPSA) is 78.9 Å². The SMILES string of the molecule is C=C(C)C(=O)OCCCCC=C(C)C(=O)OCCCCOC(=O)C(=C)C. The van der Waals surface area contributed by atoms with Crippen LogP contribution in [-0.2, 0) is 28.6 Å². The van der Waals surface area contributed by atoms with Crippen LogP contribution in [0.5, 0.6) is 0 Å². The molecule has 26 heavy (non-hydrogen) atoms. The molecule has 0 fully saturated rings. The lowest BCUT2D eigenvalue weighted by Gasteiger charge is -2.06. The Balaban J connectivity index is 3.73. The van der Waals surface area contributed by atoms with Gasteiger partial charge >= 0.3 is 17.9 Å². The van der Waals surface area contributed by atoms with Gasteiger partial charge in [0.15, 0.2) is 0 Å². The first kappa shape index (κ1) is 23.6. The van der Waals surface area contributed by atoms with Crippen LogP contribution >= 0.6 is 0 Å². The summed E-state index contributed by atoms with van der Waals surface area (Å²) in [5, 5.41) is 0. The largest absolute Gasteiger partial charge is 0.462 e. The van der Waals surface area contributed by atoms with E-state index in [2.05, 4.69) is 13.2 Å². The van der Waals surface area contributed by atoms with Crippen molar-refractivity contribution in [2.75, 3.05) is 19.8 Å². The summed E-state index contributed by atoms with van der Waals surface area (Å²) in [7, 11) is 0. The zero-order valence-corrected chi connectivity index (χ0v) is 16.1. The van der Waals surface area contributed by atoms with E-state index in [-0.39, 0.29) is 25.2 Å². The highest BCUT2D eigenvalue weighted by molar-refractivity contribution is 5.88. The zero-order chi connectivity index (χ0) is 19.9. The first-order valence-electron chi connectivity index (χ1n) is 8.74. The lowest BCUT2D eigenvalue weighted by molar-refractivity contribution is -0.141. The molecule has 0 aromatic rings. The quantitative estimate of drug-likeness (QED) is 0.214. The Kier molecular flexibility index (Phi) is 12.6. The van der Waals surface area contributed by atoms with Crippen LogP contribution in [-0.4, -0.2) is 37.7 Å². The molecule has 0 aliphatic rings. The van der Waals surface area contributed by atoms with Gasteiger partial charge in [-0.1, -0.05) is 19.2 Å². The molecule has 146 valence electrons. The molecular formula is C20H30O6. The molecule has 0 spiro atoms. The van der Waals surface area contributed by atoms with Crippen LogP contribution in [0, 0.1) is 0 Å². The molecule has 0 radical (unpaired) electrons. The van der Waals surface area contributed by atoms with Gasteiger partial charge in [-0.05, 0) is 52.9 Å². The van der Waals surface area contributed by atoms with Gasteiger partial charge in [0.05, 0.1) is 19.8 Å². The van der Waals surface area contributed by atoms with Crippen LogP contribution < -0.4 is 0 Å². The van der Waals surface area contributed by atoms with Gasteiger partial charge in [-0.2, -0.15) is 0 Å². The smallest absolute Gasteiger partial charge is 0.333 e. The molecule has 0 atom stereocenters. The third-order valence-electron chi connectivity index (χ3n) is 3.31. The molecular weight excluding hydrogens is 336 g/mol. The van der Waals surface area contributed by atoms with Crippen LogP contribution in [0.15, 0.2) is 36.0 Å². The fourth-order valence-electron chi connectivity index (χ4n) is 1.71. The summed E-state index contributed by atoms with van der Waals surface area (Å²) < 4.78 is 15.1. The number of rotatable bonds is 13. The summed E-state index contributed by atoms with van der Waals surface area (Å²) in [6.07, 6.45) is 5.30. The number of hydrogen-bond acceptors (Lipinski definition) is 6. The molecule has 6 nitrogen and oxygen atoms in total. The van der Waals surface area contributed by atoms with Crippen molar-refractivity contribution in [3.63, 3.8) is 0 Å². The van der Waals surface area contributed by atoms with Gasteiger partial charge in [-0.3, -0.25) is 0 Å². The highest BCUT2D eigenvalue weighted by atomic mass is 16.5. The lowest BCUT2D eigenvalue weighted by Crippen LogP contribution is -2.09. The molecule has 0 aliphatic heterocycles. The molecule has 6 heteroatoms. The van der Waals surface area contributed by atoms with Crippen LogP contribution in [0.1, 0.15) is 52.9 Å². The Hall–Kier alpha value is -2.37. The fraction of sp³-hybridized carbons (Fsp3) is 0.550. The second-order valence-corrected chi connectivity index (χ2v) is 6.06. The third-order valence-corrected chi connectivity index (χ3v) is 3.31. The highest BCUT2D eigenvalue weighted by Crippen LogP contribution is 2.05. The van der Waals surface area contributed by atoms with E-state index in [0.29, 0.717) is 42.6 Å². The van der Waals surface area contributed by atoms with Gasteiger partial charge in [-0.15, -0.1) is 0 Å². The fourth-order valence-corrected chi connectivity index (χ4v) is 1.71. The molecule has 0 aliphatic carbocycles. The molecule has 0 aromatic carbocycles. The maximum Gasteiger partial charge on any atom is 0.333 e.